The fourth-order valence-electron chi connectivity index (χ4n) is 2.80. The normalized spacial score (nSPS) is 22.9. The Morgan fingerprint density at radius 3 is 2.78 bits per heavy atom. The van der Waals surface area contributed by atoms with E-state index in [0.29, 0.717) is 6.04 Å². The lowest BCUT2D eigenvalue weighted by Gasteiger charge is -2.39. The van der Waals surface area contributed by atoms with E-state index in [2.05, 4.69) is 24.1 Å². The van der Waals surface area contributed by atoms with Crippen LogP contribution in [0.5, 0.6) is 0 Å². The van der Waals surface area contributed by atoms with Gasteiger partial charge in [0.2, 0.25) is 0 Å². The number of rotatable bonds is 8. The Balaban J connectivity index is 2.58. The summed E-state index contributed by atoms with van der Waals surface area (Å²) in [5.41, 5.74) is 0. The van der Waals surface area contributed by atoms with Gasteiger partial charge in [-0.2, -0.15) is 0 Å². The van der Waals surface area contributed by atoms with Gasteiger partial charge in [0.05, 0.1) is 0 Å². The molecule has 0 spiro atoms. The molecule has 0 saturated carbocycles. The Kier molecular flexibility index (Phi) is 7.28. The van der Waals surface area contributed by atoms with Gasteiger partial charge in [0, 0.05) is 12.6 Å². The van der Waals surface area contributed by atoms with Crippen molar-refractivity contribution in [1.82, 2.24) is 10.2 Å². The van der Waals surface area contributed by atoms with E-state index >= 15 is 0 Å². The van der Waals surface area contributed by atoms with Crippen LogP contribution < -0.4 is 5.32 Å². The number of carbonyl (C=O) groups is 1. The minimum atomic E-state index is -0.653. The summed E-state index contributed by atoms with van der Waals surface area (Å²) in [5.74, 6) is -0.653. The Morgan fingerprint density at radius 1 is 1.39 bits per heavy atom. The summed E-state index contributed by atoms with van der Waals surface area (Å²) in [4.78, 5) is 13.6. The summed E-state index contributed by atoms with van der Waals surface area (Å²) in [7, 11) is 0. The van der Waals surface area contributed by atoms with Crippen LogP contribution in [0.25, 0.3) is 0 Å². The molecular weight excluding hydrogens is 228 g/mol. The van der Waals surface area contributed by atoms with Crippen molar-refractivity contribution in [1.29, 1.82) is 0 Å². The molecule has 0 aromatic rings. The Morgan fingerprint density at radius 2 is 2.17 bits per heavy atom. The minimum absolute atomic E-state index is 0.288. The second-order valence-electron chi connectivity index (χ2n) is 5.23. The zero-order chi connectivity index (χ0) is 13.4. The molecule has 0 aliphatic carbocycles. The predicted molar refractivity (Wildman–Crippen MR) is 73.8 cm³/mol. The van der Waals surface area contributed by atoms with Gasteiger partial charge >= 0.3 is 5.97 Å². The number of hydrogen-bond acceptors (Lipinski definition) is 3. The lowest BCUT2D eigenvalue weighted by atomic mass is 9.97. The maximum Gasteiger partial charge on any atom is 0.320 e. The first-order chi connectivity index (χ1) is 8.70. The van der Waals surface area contributed by atoms with Crippen molar-refractivity contribution in [3.8, 4) is 0 Å². The van der Waals surface area contributed by atoms with Gasteiger partial charge in [0.15, 0.2) is 0 Å². The Hall–Kier alpha value is -0.610. The number of hydrogen-bond donors (Lipinski definition) is 2. The van der Waals surface area contributed by atoms with Gasteiger partial charge in [0.1, 0.15) is 6.04 Å². The third-order valence-corrected chi connectivity index (χ3v) is 3.73. The molecule has 4 heteroatoms. The van der Waals surface area contributed by atoms with E-state index in [1.165, 1.54) is 6.42 Å². The summed E-state index contributed by atoms with van der Waals surface area (Å²) in [6, 6.07) is 0.113. The molecule has 0 amide bonds. The van der Waals surface area contributed by atoms with E-state index in [1.54, 1.807) is 0 Å². The maximum absolute atomic E-state index is 11.4. The molecule has 18 heavy (non-hydrogen) atoms. The molecule has 1 rings (SSSR count). The van der Waals surface area contributed by atoms with Crippen LogP contribution in [0.3, 0.4) is 0 Å². The van der Waals surface area contributed by atoms with Gasteiger partial charge in [-0.05, 0) is 38.8 Å². The zero-order valence-corrected chi connectivity index (χ0v) is 11.8. The third-order valence-electron chi connectivity index (χ3n) is 3.73. The fraction of sp³-hybridized carbons (Fsp3) is 0.929. The van der Waals surface area contributed by atoms with Crippen LogP contribution in [0.15, 0.2) is 0 Å². The molecule has 0 aromatic heterocycles. The van der Waals surface area contributed by atoms with Crippen LogP contribution in [-0.4, -0.2) is 47.7 Å². The first-order valence-corrected chi connectivity index (χ1v) is 7.40. The quantitative estimate of drug-likeness (QED) is 0.653. The van der Waals surface area contributed by atoms with E-state index in [9.17, 15) is 9.90 Å². The zero-order valence-electron chi connectivity index (χ0n) is 11.8. The maximum atomic E-state index is 11.4. The van der Waals surface area contributed by atoms with Gasteiger partial charge in [0.25, 0.3) is 0 Å². The lowest BCUT2D eigenvalue weighted by Crippen LogP contribution is -2.53. The van der Waals surface area contributed by atoms with Crippen molar-refractivity contribution >= 4 is 5.97 Å². The number of carboxylic acids is 1. The highest BCUT2D eigenvalue weighted by atomic mass is 16.4. The molecule has 4 nitrogen and oxygen atoms in total. The molecule has 106 valence electrons. The molecule has 2 unspecified atom stereocenters. The second-order valence-corrected chi connectivity index (χ2v) is 5.23. The summed E-state index contributed by atoms with van der Waals surface area (Å²) < 4.78 is 0. The number of nitrogens with zero attached hydrogens (tertiary/aromatic N) is 1. The fourth-order valence-corrected chi connectivity index (χ4v) is 2.80. The summed E-state index contributed by atoms with van der Waals surface area (Å²) in [6.45, 7) is 7.11. The van der Waals surface area contributed by atoms with Gasteiger partial charge < -0.3 is 10.4 Å². The highest BCUT2D eigenvalue weighted by Gasteiger charge is 2.32. The molecule has 2 N–H and O–H groups in total. The van der Waals surface area contributed by atoms with Crippen LogP contribution in [0.1, 0.15) is 52.4 Å². The van der Waals surface area contributed by atoms with Gasteiger partial charge in [-0.15, -0.1) is 0 Å². The second kappa shape index (κ2) is 8.48. The number of carboxylic acid groups (broad SMARTS) is 1. The highest BCUT2D eigenvalue weighted by Crippen LogP contribution is 2.21. The van der Waals surface area contributed by atoms with Crippen LogP contribution in [0.4, 0.5) is 0 Å². The van der Waals surface area contributed by atoms with Crippen molar-refractivity contribution in [2.45, 2.75) is 64.5 Å². The first-order valence-electron chi connectivity index (χ1n) is 7.40. The number of aliphatic carboxylic acids is 1. The van der Waals surface area contributed by atoms with Crippen molar-refractivity contribution in [3.05, 3.63) is 0 Å². The van der Waals surface area contributed by atoms with E-state index in [-0.39, 0.29) is 6.04 Å². The SMILES string of the molecule is CCCNCC1CCCCN1C(CCC)C(=O)O. The van der Waals surface area contributed by atoms with Gasteiger partial charge in [-0.3, -0.25) is 9.69 Å². The topological polar surface area (TPSA) is 52.6 Å². The standard InChI is InChI=1S/C14H28N2O2/c1-3-7-13(14(17)18)16-10-6-5-8-12(16)11-15-9-4-2/h12-13,15H,3-11H2,1-2H3,(H,17,18). The van der Waals surface area contributed by atoms with Crippen LogP contribution in [-0.2, 0) is 4.79 Å². The van der Waals surface area contributed by atoms with Crippen molar-refractivity contribution < 1.29 is 9.90 Å². The molecule has 0 aromatic carbocycles. The number of nitrogens with one attached hydrogen (secondary N) is 1. The van der Waals surface area contributed by atoms with Crippen molar-refractivity contribution in [3.63, 3.8) is 0 Å². The summed E-state index contributed by atoms with van der Waals surface area (Å²) in [5, 5.41) is 12.8. The van der Waals surface area contributed by atoms with E-state index < -0.39 is 5.97 Å². The molecule has 1 aliphatic heterocycles. The van der Waals surface area contributed by atoms with E-state index in [4.69, 9.17) is 0 Å². The van der Waals surface area contributed by atoms with Crippen molar-refractivity contribution in [2.75, 3.05) is 19.6 Å². The molecule has 1 saturated heterocycles. The molecule has 1 aliphatic rings. The molecule has 0 bridgehead atoms. The number of piperidine rings is 1. The third kappa shape index (κ3) is 4.58. The first kappa shape index (κ1) is 15.4. The largest absolute Gasteiger partial charge is 0.480 e. The molecule has 1 heterocycles. The number of likely N-dealkylation sites (tertiary alicyclic amines) is 1. The van der Waals surface area contributed by atoms with E-state index in [0.717, 1.165) is 51.7 Å². The highest BCUT2D eigenvalue weighted by molar-refractivity contribution is 5.73. The predicted octanol–water partition coefficient (Wildman–Crippen LogP) is 2.09. The van der Waals surface area contributed by atoms with Crippen LogP contribution >= 0.6 is 0 Å². The average molecular weight is 256 g/mol. The molecule has 1 fully saturated rings. The Labute approximate surface area is 111 Å². The smallest absolute Gasteiger partial charge is 0.320 e. The molecule has 0 radical (unpaired) electrons. The lowest BCUT2D eigenvalue weighted by molar-refractivity contribution is -0.145. The van der Waals surface area contributed by atoms with Crippen LogP contribution in [0.2, 0.25) is 0 Å². The van der Waals surface area contributed by atoms with Gasteiger partial charge in [-0.1, -0.05) is 26.7 Å². The molecular formula is C14H28N2O2. The average Bonchev–Trinajstić information content (AvgIpc) is 2.37. The van der Waals surface area contributed by atoms with Crippen molar-refractivity contribution in [2.24, 2.45) is 0 Å². The summed E-state index contributed by atoms with van der Waals surface area (Å²) >= 11 is 0. The minimum Gasteiger partial charge on any atom is -0.480 e. The summed E-state index contributed by atoms with van der Waals surface area (Å²) in [6.07, 6.45) is 6.32. The van der Waals surface area contributed by atoms with Gasteiger partial charge in [-0.25, -0.2) is 0 Å². The molecule has 2 atom stereocenters. The monoisotopic (exact) mass is 256 g/mol. The Bertz CT molecular complexity index is 246. The van der Waals surface area contributed by atoms with E-state index in [1.807, 2.05) is 0 Å². The van der Waals surface area contributed by atoms with Crippen LogP contribution in [0, 0.1) is 0 Å².